The van der Waals surface area contributed by atoms with Gasteiger partial charge in [0.05, 0.1) is 19.4 Å². The summed E-state index contributed by atoms with van der Waals surface area (Å²) in [6, 6.07) is 64.0. The number of hydrogen-bond donors (Lipinski definition) is 2. The zero-order valence-electron chi connectivity index (χ0n) is 52.0. The van der Waals surface area contributed by atoms with Crippen molar-refractivity contribution in [2.75, 3.05) is 31.2 Å². The molecule has 0 spiro atoms. The third-order valence-electron chi connectivity index (χ3n) is 14.4. The quantitative estimate of drug-likeness (QED) is 0.180. The molecule has 1 fully saturated rings. The van der Waals surface area contributed by atoms with Gasteiger partial charge in [0, 0.05) is 40.3 Å². The van der Waals surface area contributed by atoms with Crippen molar-refractivity contribution in [3.63, 3.8) is 0 Å². The zero-order chi connectivity index (χ0) is 59.2. The van der Waals surface area contributed by atoms with Gasteiger partial charge in [-0.15, -0.1) is 11.3 Å². The highest BCUT2D eigenvalue weighted by molar-refractivity contribution is 7.15. The monoisotopic (exact) mass is 1100 g/mol. The molecular weight excluding hydrogens is 1010 g/mol. The molecule has 0 saturated carbocycles. The molecule has 426 valence electrons. The SMILES string of the molecule is CC(C)(C)c1cccc(-c2cccc(O)c2)c1.CC(C)(C)c1cccc(-c2cn[nH]c2)c1.CC(C)(C)c1ccccc1N1CCOCC1.Cc1ccc(-c2cccc(C(C)(C)C)c2)cc1.Cc1ccc(-c2cccc(C(C)(C)C)c2)s1. The number of morpholine rings is 1. The summed E-state index contributed by atoms with van der Waals surface area (Å²) < 4.78 is 5.41. The van der Waals surface area contributed by atoms with Gasteiger partial charge in [-0.3, -0.25) is 5.10 Å². The number of nitrogens with zero attached hydrogens (tertiary/aromatic N) is 2. The van der Waals surface area contributed by atoms with Gasteiger partial charge in [0.15, 0.2) is 0 Å². The number of aromatic nitrogens is 2. The van der Waals surface area contributed by atoms with E-state index in [1.807, 2.05) is 35.9 Å². The highest BCUT2D eigenvalue weighted by Gasteiger charge is 2.22. The van der Waals surface area contributed by atoms with Crippen molar-refractivity contribution in [3.05, 3.63) is 233 Å². The van der Waals surface area contributed by atoms with E-state index < -0.39 is 0 Å². The van der Waals surface area contributed by atoms with Crippen LogP contribution in [0.3, 0.4) is 0 Å². The van der Waals surface area contributed by atoms with Crippen LogP contribution in [-0.2, 0) is 31.8 Å². The second-order valence-electron chi connectivity index (χ2n) is 26.5. The number of H-pyrrole nitrogens is 1. The van der Waals surface area contributed by atoms with Crippen LogP contribution in [0.1, 0.15) is 142 Å². The Kier molecular flexibility index (Phi) is 21.6. The van der Waals surface area contributed by atoms with E-state index >= 15 is 0 Å². The Labute approximate surface area is 492 Å². The third-order valence-corrected chi connectivity index (χ3v) is 15.4. The van der Waals surface area contributed by atoms with Gasteiger partial charge in [0.25, 0.3) is 0 Å². The lowest BCUT2D eigenvalue weighted by atomic mass is 9.85. The number of rotatable bonds is 5. The molecule has 5 nitrogen and oxygen atoms in total. The predicted molar refractivity (Wildman–Crippen MR) is 352 cm³/mol. The molecule has 2 aromatic heterocycles. The molecule has 0 amide bonds. The summed E-state index contributed by atoms with van der Waals surface area (Å²) in [5, 5.41) is 16.3. The molecule has 1 aliphatic heterocycles. The molecule has 0 aliphatic carbocycles. The van der Waals surface area contributed by atoms with Gasteiger partial charge in [-0.25, -0.2) is 0 Å². The number of thiophene rings is 1. The molecule has 0 atom stereocenters. The van der Waals surface area contributed by atoms with Crippen LogP contribution in [0.2, 0.25) is 0 Å². The predicted octanol–water partition coefficient (Wildman–Crippen LogP) is 20.5. The van der Waals surface area contributed by atoms with E-state index in [1.165, 1.54) is 71.1 Å². The van der Waals surface area contributed by atoms with Crippen LogP contribution >= 0.6 is 11.3 Å². The second kappa shape index (κ2) is 27.7. The Bertz CT molecular complexity index is 3340. The van der Waals surface area contributed by atoms with E-state index in [-0.39, 0.29) is 27.1 Å². The first-order chi connectivity index (χ1) is 38.1. The molecular formula is C75H93N3O2S. The van der Waals surface area contributed by atoms with Gasteiger partial charge in [-0.2, -0.15) is 5.10 Å². The summed E-state index contributed by atoms with van der Waals surface area (Å²) in [5.41, 5.74) is 19.0. The van der Waals surface area contributed by atoms with Crippen molar-refractivity contribution in [3.8, 4) is 49.6 Å². The Hall–Kier alpha value is -6.99. The van der Waals surface area contributed by atoms with Crippen LogP contribution in [0.4, 0.5) is 5.69 Å². The number of aryl methyl sites for hydroxylation is 2. The van der Waals surface area contributed by atoms with Gasteiger partial charge in [-0.1, -0.05) is 255 Å². The van der Waals surface area contributed by atoms with Gasteiger partial charge in [0.2, 0.25) is 0 Å². The maximum Gasteiger partial charge on any atom is 0.116 e. The van der Waals surface area contributed by atoms with Crippen LogP contribution < -0.4 is 4.90 Å². The molecule has 0 radical (unpaired) electrons. The number of phenols is 1. The number of benzene rings is 7. The normalized spacial score (nSPS) is 12.8. The fraction of sp³-hybridized carbons (Fsp3) is 0.347. The van der Waals surface area contributed by atoms with Crippen molar-refractivity contribution in [1.82, 2.24) is 10.2 Å². The fourth-order valence-corrected chi connectivity index (χ4v) is 10.1. The first-order valence-electron chi connectivity index (χ1n) is 28.8. The fourth-order valence-electron chi connectivity index (χ4n) is 9.25. The Morgan fingerprint density at radius 2 is 0.864 bits per heavy atom. The molecule has 0 unspecified atom stereocenters. The highest BCUT2D eigenvalue weighted by Crippen LogP contribution is 2.35. The summed E-state index contributed by atoms with van der Waals surface area (Å²) in [4.78, 5) is 5.17. The highest BCUT2D eigenvalue weighted by atomic mass is 32.1. The average molecular weight is 1100 g/mol. The first-order valence-corrected chi connectivity index (χ1v) is 29.6. The maximum absolute atomic E-state index is 9.50. The summed E-state index contributed by atoms with van der Waals surface area (Å²) in [7, 11) is 0. The minimum atomic E-state index is 0.146. The van der Waals surface area contributed by atoms with Crippen molar-refractivity contribution >= 4 is 17.0 Å². The van der Waals surface area contributed by atoms with Gasteiger partial charge in [-0.05, 0) is 139 Å². The van der Waals surface area contributed by atoms with Crippen LogP contribution in [0.15, 0.2) is 194 Å². The number of aromatic hydroxyl groups is 1. The summed E-state index contributed by atoms with van der Waals surface area (Å²) in [5.74, 6) is 0.309. The molecule has 3 heterocycles. The lowest BCUT2D eigenvalue weighted by molar-refractivity contribution is 0.122. The zero-order valence-corrected chi connectivity index (χ0v) is 52.8. The molecule has 10 rings (SSSR count). The number of phenolic OH excluding ortho intramolecular Hbond substituents is 1. The number of aromatic amines is 1. The molecule has 1 saturated heterocycles. The Balaban J connectivity index is 0.000000163. The number of para-hydroxylation sites is 1. The number of anilines is 1. The van der Waals surface area contributed by atoms with E-state index in [4.69, 9.17) is 4.74 Å². The molecule has 2 N–H and O–H groups in total. The van der Waals surface area contributed by atoms with E-state index in [2.05, 4.69) is 291 Å². The van der Waals surface area contributed by atoms with E-state index in [0.29, 0.717) is 5.75 Å². The molecule has 0 bridgehead atoms. The van der Waals surface area contributed by atoms with Crippen molar-refractivity contribution in [2.24, 2.45) is 0 Å². The summed E-state index contributed by atoms with van der Waals surface area (Å²) in [6.07, 6.45) is 3.77. The second-order valence-corrected chi connectivity index (χ2v) is 27.8. The van der Waals surface area contributed by atoms with Crippen LogP contribution in [-0.4, -0.2) is 41.6 Å². The number of nitrogens with one attached hydrogen (secondary N) is 1. The minimum Gasteiger partial charge on any atom is -0.508 e. The van der Waals surface area contributed by atoms with Crippen molar-refractivity contribution < 1.29 is 9.84 Å². The molecule has 6 heteroatoms. The molecule has 9 aromatic rings. The number of hydrogen-bond acceptors (Lipinski definition) is 5. The van der Waals surface area contributed by atoms with Gasteiger partial charge in [0.1, 0.15) is 5.75 Å². The third kappa shape index (κ3) is 19.3. The van der Waals surface area contributed by atoms with Crippen molar-refractivity contribution in [2.45, 2.75) is 145 Å². The summed E-state index contributed by atoms with van der Waals surface area (Å²) in [6.45, 7) is 41.6. The van der Waals surface area contributed by atoms with Gasteiger partial charge >= 0.3 is 0 Å². The lowest BCUT2D eigenvalue weighted by Crippen LogP contribution is -2.37. The first kappa shape index (κ1) is 63.2. The smallest absolute Gasteiger partial charge is 0.116 e. The average Bonchev–Trinajstić information content (AvgIpc) is 4.22. The molecule has 1 aliphatic rings. The van der Waals surface area contributed by atoms with E-state index in [0.717, 1.165) is 43.0 Å². The molecule has 7 aromatic carbocycles. The van der Waals surface area contributed by atoms with Gasteiger partial charge < -0.3 is 14.7 Å². The Morgan fingerprint density at radius 3 is 1.30 bits per heavy atom. The Morgan fingerprint density at radius 1 is 0.432 bits per heavy atom. The largest absolute Gasteiger partial charge is 0.508 e. The molecule has 81 heavy (non-hydrogen) atoms. The van der Waals surface area contributed by atoms with E-state index in [1.54, 1.807) is 12.1 Å². The van der Waals surface area contributed by atoms with Crippen LogP contribution in [0.25, 0.3) is 43.8 Å². The van der Waals surface area contributed by atoms with E-state index in [9.17, 15) is 5.11 Å². The number of ether oxygens (including phenoxy) is 1. The van der Waals surface area contributed by atoms with Crippen molar-refractivity contribution in [1.29, 1.82) is 0 Å². The maximum atomic E-state index is 9.50. The lowest BCUT2D eigenvalue weighted by Gasteiger charge is -2.33. The standard InChI is InChI=1S/C17H20.C16H18O.C15H18S.C14H21NO.C13H16N2/c1-13-8-10-14(11-9-13)15-6-5-7-16(12-15)17(2,3)4;1-16(2,3)14-8-4-6-12(10-14)13-7-5-9-15(17)11-13;1-11-8-9-14(16-11)12-6-5-7-13(10-12)15(2,3)4;1-14(2,3)12-6-4-5-7-13(12)15-8-10-16-11-9-15;1-13(2,3)12-6-4-5-10(7-12)11-8-14-15-9-11/h5-12H,1-4H3;4-11,17H,1-3H3;5-10H,1-4H3;4-7H,8-11H2,1-3H3;4-9H,1-3H3,(H,14,15). The van der Waals surface area contributed by atoms with Crippen LogP contribution in [0.5, 0.6) is 5.75 Å². The summed E-state index contributed by atoms with van der Waals surface area (Å²) >= 11 is 1.86. The topological polar surface area (TPSA) is 61.4 Å². The van der Waals surface area contributed by atoms with Crippen LogP contribution in [0, 0.1) is 13.8 Å². The minimum absolute atomic E-state index is 0.146.